The fourth-order valence-corrected chi connectivity index (χ4v) is 1.01. The van der Waals surface area contributed by atoms with Crippen molar-refractivity contribution in [2.45, 2.75) is 19.8 Å². The van der Waals surface area contributed by atoms with Crippen LogP contribution in [-0.4, -0.2) is 41.5 Å². The summed E-state index contributed by atoms with van der Waals surface area (Å²) in [7, 11) is 3.96. The highest BCUT2D eigenvalue weighted by molar-refractivity contribution is 5.77. The van der Waals surface area contributed by atoms with E-state index in [0.29, 0.717) is 11.7 Å². The maximum Gasteiger partial charge on any atom is 0.227 e. The van der Waals surface area contributed by atoms with Gasteiger partial charge in [-0.25, -0.2) is 0 Å². The summed E-state index contributed by atoms with van der Waals surface area (Å²) in [5, 5.41) is 3.71. The molecule has 0 aliphatic rings. The Hall–Kier alpha value is -1.23. The van der Waals surface area contributed by atoms with Gasteiger partial charge in [-0.3, -0.25) is 4.79 Å². The number of rotatable bonds is 5. The van der Waals surface area contributed by atoms with Crippen LogP contribution in [0.2, 0.25) is 0 Å². The summed E-state index contributed by atoms with van der Waals surface area (Å²) in [6, 6.07) is 0. The maximum atomic E-state index is 10.8. The molecule has 0 N–H and O–H groups in total. The highest BCUT2D eigenvalue weighted by Crippen LogP contribution is 2.00. The molecule has 0 spiro atoms. The number of ketones is 1. The number of aromatic nitrogens is 2. The number of carbonyl (C=O) groups is 1. The Kier molecular flexibility index (Phi) is 3.76. The predicted octanol–water partition coefficient (Wildman–Crippen LogP) is 0.305. The minimum Gasteiger partial charge on any atom is -0.339 e. The molecule has 5 heteroatoms. The van der Waals surface area contributed by atoms with Crippen molar-refractivity contribution in [2.75, 3.05) is 20.6 Å². The lowest BCUT2D eigenvalue weighted by molar-refractivity contribution is -0.116. The quantitative estimate of drug-likeness (QED) is 0.679. The maximum absolute atomic E-state index is 10.8. The van der Waals surface area contributed by atoms with E-state index in [1.54, 1.807) is 0 Å². The van der Waals surface area contributed by atoms with E-state index in [1.807, 2.05) is 19.0 Å². The molecule has 0 aliphatic carbocycles. The van der Waals surface area contributed by atoms with Crippen molar-refractivity contribution in [3.8, 4) is 0 Å². The van der Waals surface area contributed by atoms with Crippen molar-refractivity contribution in [3.63, 3.8) is 0 Å². The van der Waals surface area contributed by atoms with Crippen LogP contribution < -0.4 is 0 Å². The molecule has 0 radical (unpaired) electrons. The van der Waals surface area contributed by atoms with Crippen molar-refractivity contribution < 1.29 is 9.32 Å². The molecule has 78 valence electrons. The molecule has 14 heavy (non-hydrogen) atoms. The van der Waals surface area contributed by atoms with Gasteiger partial charge in [0, 0.05) is 13.0 Å². The van der Waals surface area contributed by atoms with E-state index in [2.05, 4.69) is 10.1 Å². The Balaban J connectivity index is 2.46. The number of nitrogens with zero attached hydrogens (tertiary/aromatic N) is 3. The van der Waals surface area contributed by atoms with Crippen molar-refractivity contribution in [1.29, 1.82) is 0 Å². The topological polar surface area (TPSA) is 59.2 Å². The second kappa shape index (κ2) is 4.85. The zero-order valence-corrected chi connectivity index (χ0v) is 8.78. The molecule has 0 saturated heterocycles. The largest absolute Gasteiger partial charge is 0.339 e. The van der Waals surface area contributed by atoms with Gasteiger partial charge in [0.25, 0.3) is 0 Å². The molecule has 0 amide bonds. The second-order valence-electron chi connectivity index (χ2n) is 3.54. The molecular weight excluding hydrogens is 182 g/mol. The van der Waals surface area contributed by atoms with E-state index in [-0.39, 0.29) is 12.2 Å². The summed E-state index contributed by atoms with van der Waals surface area (Å²) in [5.41, 5.74) is 0. The molecule has 0 unspecified atom stereocenters. The molecule has 0 bridgehead atoms. The highest BCUT2D eigenvalue weighted by Gasteiger charge is 2.07. The third kappa shape index (κ3) is 3.66. The van der Waals surface area contributed by atoms with Crippen LogP contribution in [0.3, 0.4) is 0 Å². The monoisotopic (exact) mass is 197 g/mol. The molecule has 0 aromatic carbocycles. The van der Waals surface area contributed by atoms with E-state index in [1.165, 1.54) is 6.92 Å². The van der Waals surface area contributed by atoms with Gasteiger partial charge in [-0.05, 0) is 21.0 Å². The van der Waals surface area contributed by atoms with Crippen molar-refractivity contribution in [2.24, 2.45) is 0 Å². The molecule has 0 fully saturated rings. The Labute approximate surface area is 83.1 Å². The third-order valence-electron chi connectivity index (χ3n) is 1.69. The van der Waals surface area contributed by atoms with Crippen LogP contribution in [0, 0.1) is 0 Å². The first-order valence-corrected chi connectivity index (χ1v) is 4.53. The summed E-state index contributed by atoms with van der Waals surface area (Å²) in [5.74, 6) is 1.12. The molecule has 1 aromatic rings. The first-order chi connectivity index (χ1) is 6.58. The third-order valence-corrected chi connectivity index (χ3v) is 1.69. The zero-order valence-electron chi connectivity index (χ0n) is 8.78. The van der Waals surface area contributed by atoms with E-state index in [9.17, 15) is 4.79 Å². The van der Waals surface area contributed by atoms with Gasteiger partial charge in [0.05, 0.1) is 6.42 Å². The lowest BCUT2D eigenvalue weighted by Gasteiger charge is -2.05. The van der Waals surface area contributed by atoms with Crippen molar-refractivity contribution in [1.82, 2.24) is 15.0 Å². The lowest BCUT2D eigenvalue weighted by atomic mass is 10.3. The summed E-state index contributed by atoms with van der Waals surface area (Å²) >= 11 is 0. The van der Waals surface area contributed by atoms with Gasteiger partial charge in [-0.1, -0.05) is 5.16 Å². The SMILES string of the molecule is CC(=O)Cc1noc(CCN(C)C)n1. The van der Waals surface area contributed by atoms with Crippen LogP contribution in [0.15, 0.2) is 4.52 Å². The Morgan fingerprint density at radius 3 is 2.79 bits per heavy atom. The van der Waals surface area contributed by atoms with Gasteiger partial charge in [-0.15, -0.1) is 0 Å². The van der Waals surface area contributed by atoms with Gasteiger partial charge in [-0.2, -0.15) is 4.98 Å². The fourth-order valence-electron chi connectivity index (χ4n) is 1.01. The summed E-state index contributed by atoms with van der Waals surface area (Å²) in [4.78, 5) is 16.9. The van der Waals surface area contributed by atoms with Crippen molar-refractivity contribution >= 4 is 5.78 Å². The highest BCUT2D eigenvalue weighted by atomic mass is 16.5. The first kappa shape index (κ1) is 10.8. The van der Waals surface area contributed by atoms with Crippen LogP contribution in [0.1, 0.15) is 18.6 Å². The average Bonchev–Trinajstić information content (AvgIpc) is 2.47. The van der Waals surface area contributed by atoms with Crippen LogP contribution >= 0.6 is 0 Å². The Morgan fingerprint density at radius 2 is 2.21 bits per heavy atom. The molecule has 5 nitrogen and oxygen atoms in total. The smallest absolute Gasteiger partial charge is 0.227 e. The van der Waals surface area contributed by atoms with E-state index in [0.717, 1.165) is 13.0 Å². The molecule has 0 saturated carbocycles. The normalized spacial score (nSPS) is 10.9. The molecule has 0 atom stereocenters. The number of Topliss-reactive ketones (excluding diaryl/α,β-unsaturated/α-hetero) is 1. The Morgan fingerprint density at radius 1 is 1.50 bits per heavy atom. The molecule has 0 aliphatic heterocycles. The van der Waals surface area contributed by atoms with Gasteiger partial charge >= 0.3 is 0 Å². The molecular formula is C9H15N3O2. The Bertz CT molecular complexity index is 307. The van der Waals surface area contributed by atoms with E-state index < -0.39 is 0 Å². The summed E-state index contributed by atoms with van der Waals surface area (Å²) in [6.07, 6.45) is 0.976. The molecule has 1 aromatic heterocycles. The number of carbonyl (C=O) groups excluding carboxylic acids is 1. The zero-order chi connectivity index (χ0) is 10.6. The van der Waals surface area contributed by atoms with Crippen LogP contribution in [0.4, 0.5) is 0 Å². The minimum atomic E-state index is 0.0463. The average molecular weight is 197 g/mol. The van der Waals surface area contributed by atoms with Crippen LogP contribution in [0.5, 0.6) is 0 Å². The van der Waals surface area contributed by atoms with Gasteiger partial charge < -0.3 is 9.42 Å². The molecule has 1 heterocycles. The second-order valence-corrected chi connectivity index (χ2v) is 3.54. The lowest BCUT2D eigenvalue weighted by Crippen LogP contribution is -2.15. The fraction of sp³-hybridized carbons (Fsp3) is 0.667. The van der Waals surface area contributed by atoms with Gasteiger partial charge in [0.15, 0.2) is 5.82 Å². The molecule has 1 rings (SSSR count). The minimum absolute atomic E-state index is 0.0463. The van der Waals surface area contributed by atoms with Crippen LogP contribution in [0.25, 0.3) is 0 Å². The standard InChI is InChI=1S/C9H15N3O2/c1-7(13)6-8-10-9(14-11-8)4-5-12(2)3/h4-6H2,1-3H3. The van der Waals surface area contributed by atoms with Gasteiger partial charge in [0.1, 0.15) is 5.78 Å². The van der Waals surface area contributed by atoms with Crippen molar-refractivity contribution in [3.05, 3.63) is 11.7 Å². The first-order valence-electron chi connectivity index (χ1n) is 4.53. The summed E-state index contributed by atoms with van der Waals surface area (Å²) < 4.78 is 4.98. The van der Waals surface area contributed by atoms with E-state index in [4.69, 9.17) is 4.52 Å². The van der Waals surface area contributed by atoms with Crippen LogP contribution in [-0.2, 0) is 17.6 Å². The number of likely N-dealkylation sites (N-methyl/N-ethyl adjacent to an activating group) is 1. The van der Waals surface area contributed by atoms with E-state index >= 15 is 0 Å². The number of hydrogen-bond acceptors (Lipinski definition) is 5. The predicted molar refractivity (Wildman–Crippen MR) is 50.9 cm³/mol. The van der Waals surface area contributed by atoms with Gasteiger partial charge in [0.2, 0.25) is 5.89 Å². The number of hydrogen-bond donors (Lipinski definition) is 0. The summed E-state index contributed by atoms with van der Waals surface area (Å²) in [6.45, 7) is 2.37.